The van der Waals surface area contributed by atoms with E-state index < -0.39 is 4.92 Å². The predicted octanol–water partition coefficient (Wildman–Crippen LogP) is 2.84. The first kappa shape index (κ1) is 11.7. The van der Waals surface area contributed by atoms with Crippen LogP contribution in [0.15, 0.2) is 30.4 Å². The Morgan fingerprint density at radius 2 is 2.32 bits per heavy atom. The number of anilines is 1. The predicted molar refractivity (Wildman–Crippen MR) is 70.6 cm³/mol. The zero-order valence-corrected chi connectivity index (χ0v) is 10.2. The third-order valence-corrected chi connectivity index (χ3v) is 4.03. The Hall–Kier alpha value is -2.35. The molecular weight excluding hydrogens is 242 g/mol. The molecule has 19 heavy (non-hydrogen) atoms. The number of nitrogens with zero attached hydrogens (tertiary/aromatic N) is 2. The number of fused-ring (bicyclic) bond motifs is 1. The van der Waals surface area contributed by atoms with Crippen LogP contribution in [0.1, 0.15) is 18.4 Å². The molecule has 0 heterocycles. The van der Waals surface area contributed by atoms with Gasteiger partial charge in [0, 0.05) is 18.0 Å². The zero-order chi connectivity index (χ0) is 13.4. The highest BCUT2D eigenvalue weighted by molar-refractivity contribution is 5.64. The molecule has 1 aromatic carbocycles. The lowest BCUT2D eigenvalue weighted by Gasteiger charge is -2.41. The fraction of sp³-hybridized carbons (Fsp3) is 0.357. The highest BCUT2D eigenvalue weighted by Crippen LogP contribution is 2.44. The van der Waals surface area contributed by atoms with Crippen LogP contribution >= 0.6 is 0 Å². The smallest absolute Gasteiger partial charge is 0.293 e. The Morgan fingerprint density at radius 3 is 3.00 bits per heavy atom. The minimum absolute atomic E-state index is 0.0236. The summed E-state index contributed by atoms with van der Waals surface area (Å²) in [7, 11) is 0. The molecule has 1 saturated carbocycles. The quantitative estimate of drug-likeness (QED) is 0.511. The van der Waals surface area contributed by atoms with Gasteiger partial charge in [0.15, 0.2) is 0 Å². The molecule has 2 aliphatic carbocycles. The maximum atomic E-state index is 11.0. The summed E-state index contributed by atoms with van der Waals surface area (Å²) in [5.74, 6) is 1.20. The van der Waals surface area contributed by atoms with Crippen LogP contribution in [-0.2, 0) is 0 Å². The van der Waals surface area contributed by atoms with E-state index >= 15 is 0 Å². The van der Waals surface area contributed by atoms with Crippen molar-refractivity contribution in [1.29, 1.82) is 5.26 Å². The van der Waals surface area contributed by atoms with Crippen molar-refractivity contribution in [2.45, 2.75) is 18.9 Å². The van der Waals surface area contributed by atoms with Gasteiger partial charge in [-0.3, -0.25) is 10.1 Å². The summed E-state index contributed by atoms with van der Waals surface area (Å²) in [5, 5.41) is 23.1. The Balaban J connectivity index is 1.83. The van der Waals surface area contributed by atoms with Gasteiger partial charge in [-0.15, -0.1) is 0 Å². The van der Waals surface area contributed by atoms with Gasteiger partial charge in [-0.05, 0) is 30.9 Å². The van der Waals surface area contributed by atoms with Crippen molar-refractivity contribution in [1.82, 2.24) is 0 Å². The lowest BCUT2D eigenvalue weighted by Crippen LogP contribution is -2.43. The standard InChI is InChI=1S/C14H13N3O2/c15-8-9-4-5-12(14(6-9)17(18)19)16-13-7-10-2-1-3-11(10)13/h1,3-6,10-11,13,16H,2,7H2. The SMILES string of the molecule is N#Cc1ccc(NC2CC3CC=CC32)c([N+](=O)[O-])c1. The van der Waals surface area contributed by atoms with Crippen LogP contribution in [0.2, 0.25) is 0 Å². The molecule has 1 aromatic rings. The Morgan fingerprint density at radius 1 is 1.47 bits per heavy atom. The maximum absolute atomic E-state index is 11.0. The van der Waals surface area contributed by atoms with Gasteiger partial charge in [0.2, 0.25) is 0 Å². The van der Waals surface area contributed by atoms with Gasteiger partial charge in [-0.2, -0.15) is 5.26 Å². The van der Waals surface area contributed by atoms with Gasteiger partial charge in [0.1, 0.15) is 5.69 Å². The second-order valence-electron chi connectivity index (χ2n) is 5.09. The van der Waals surface area contributed by atoms with Crippen molar-refractivity contribution in [3.8, 4) is 6.07 Å². The Bertz CT molecular complexity index is 603. The van der Waals surface area contributed by atoms with E-state index in [9.17, 15) is 10.1 Å². The van der Waals surface area contributed by atoms with Crippen LogP contribution in [0.25, 0.3) is 0 Å². The average Bonchev–Trinajstić information content (AvgIpc) is 2.77. The van der Waals surface area contributed by atoms with E-state index in [1.54, 1.807) is 12.1 Å². The molecule has 3 rings (SSSR count). The maximum Gasteiger partial charge on any atom is 0.293 e. The number of hydrogen-bond donors (Lipinski definition) is 1. The van der Waals surface area contributed by atoms with Gasteiger partial charge in [0.05, 0.1) is 16.6 Å². The van der Waals surface area contributed by atoms with Crippen molar-refractivity contribution >= 4 is 11.4 Å². The van der Waals surface area contributed by atoms with Gasteiger partial charge < -0.3 is 5.32 Å². The molecule has 1 N–H and O–H groups in total. The molecule has 2 aliphatic rings. The number of hydrogen-bond acceptors (Lipinski definition) is 4. The Labute approximate surface area is 110 Å². The molecule has 0 aliphatic heterocycles. The van der Waals surface area contributed by atoms with Crippen LogP contribution in [0.3, 0.4) is 0 Å². The second kappa shape index (κ2) is 4.39. The molecule has 0 bridgehead atoms. The van der Waals surface area contributed by atoms with Gasteiger partial charge in [-0.25, -0.2) is 0 Å². The highest BCUT2D eigenvalue weighted by Gasteiger charge is 2.41. The second-order valence-corrected chi connectivity index (χ2v) is 5.09. The molecule has 96 valence electrons. The minimum atomic E-state index is -0.441. The molecule has 0 amide bonds. The summed E-state index contributed by atoms with van der Waals surface area (Å²) < 4.78 is 0. The van der Waals surface area contributed by atoms with E-state index in [2.05, 4.69) is 17.5 Å². The molecule has 1 fully saturated rings. The van der Waals surface area contributed by atoms with Crippen LogP contribution < -0.4 is 5.32 Å². The first-order valence-electron chi connectivity index (χ1n) is 6.31. The number of benzene rings is 1. The van der Waals surface area contributed by atoms with E-state index in [1.165, 1.54) is 6.07 Å². The molecule has 3 unspecified atom stereocenters. The fourth-order valence-corrected chi connectivity index (χ4v) is 2.96. The lowest BCUT2D eigenvalue weighted by atomic mass is 9.71. The van der Waals surface area contributed by atoms with Crippen LogP contribution in [0.4, 0.5) is 11.4 Å². The molecule has 0 spiro atoms. The van der Waals surface area contributed by atoms with Crippen molar-refractivity contribution in [3.63, 3.8) is 0 Å². The summed E-state index contributed by atoms with van der Waals surface area (Å²) in [6.45, 7) is 0. The zero-order valence-electron chi connectivity index (χ0n) is 10.2. The van der Waals surface area contributed by atoms with Crippen LogP contribution in [-0.4, -0.2) is 11.0 Å². The topological polar surface area (TPSA) is 79.0 Å². The van der Waals surface area contributed by atoms with Crippen molar-refractivity contribution in [2.75, 3.05) is 5.32 Å². The van der Waals surface area contributed by atoms with Crippen molar-refractivity contribution in [3.05, 3.63) is 46.0 Å². The number of nitro groups is 1. The largest absolute Gasteiger partial charge is 0.376 e. The monoisotopic (exact) mass is 255 g/mol. The van der Waals surface area contributed by atoms with Crippen LogP contribution in [0, 0.1) is 33.3 Å². The van der Waals surface area contributed by atoms with Gasteiger partial charge in [-0.1, -0.05) is 12.2 Å². The Kier molecular flexibility index (Phi) is 2.71. The number of allylic oxidation sites excluding steroid dienone is 1. The number of nitriles is 1. The summed E-state index contributed by atoms with van der Waals surface area (Å²) in [6.07, 6.45) is 6.55. The average molecular weight is 255 g/mol. The van der Waals surface area contributed by atoms with Crippen LogP contribution in [0.5, 0.6) is 0 Å². The highest BCUT2D eigenvalue weighted by atomic mass is 16.6. The van der Waals surface area contributed by atoms with E-state index in [0.29, 0.717) is 23.1 Å². The molecule has 0 radical (unpaired) electrons. The van der Waals surface area contributed by atoms with E-state index in [4.69, 9.17) is 5.26 Å². The fourth-order valence-electron chi connectivity index (χ4n) is 2.96. The van der Waals surface area contributed by atoms with Gasteiger partial charge in [0.25, 0.3) is 5.69 Å². The summed E-state index contributed by atoms with van der Waals surface area (Å²) in [4.78, 5) is 10.6. The molecule has 5 heteroatoms. The lowest BCUT2D eigenvalue weighted by molar-refractivity contribution is -0.384. The van der Waals surface area contributed by atoms with E-state index in [-0.39, 0.29) is 11.7 Å². The minimum Gasteiger partial charge on any atom is -0.376 e. The number of rotatable bonds is 3. The molecule has 5 nitrogen and oxygen atoms in total. The summed E-state index contributed by atoms with van der Waals surface area (Å²) in [5.41, 5.74) is 0.793. The number of nitro benzene ring substituents is 1. The number of nitrogens with one attached hydrogen (secondary N) is 1. The normalized spacial score (nSPS) is 27.2. The first-order chi connectivity index (χ1) is 9.19. The van der Waals surface area contributed by atoms with Gasteiger partial charge >= 0.3 is 0 Å². The molecule has 0 aromatic heterocycles. The third-order valence-electron chi connectivity index (χ3n) is 4.03. The summed E-state index contributed by atoms with van der Waals surface area (Å²) in [6, 6.07) is 6.76. The first-order valence-corrected chi connectivity index (χ1v) is 6.31. The van der Waals surface area contributed by atoms with Crippen molar-refractivity contribution < 1.29 is 4.92 Å². The molecule has 0 saturated heterocycles. The van der Waals surface area contributed by atoms with E-state index in [0.717, 1.165) is 12.8 Å². The van der Waals surface area contributed by atoms with E-state index in [1.807, 2.05) is 6.07 Å². The molecule has 3 atom stereocenters. The third kappa shape index (κ3) is 1.95. The van der Waals surface area contributed by atoms with Crippen molar-refractivity contribution in [2.24, 2.45) is 11.8 Å². The molecular formula is C14H13N3O2. The summed E-state index contributed by atoms with van der Waals surface area (Å²) >= 11 is 0.